The average molecular weight is 222 g/mol. The maximum atomic E-state index is 5.38. The van der Waals surface area contributed by atoms with Crippen molar-refractivity contribution >= 4 is 5.69 Å². The fourth-order valence-corrected chi connectivity index (χ4v) is 1.79. The van der Waals surface area contributed by atoms with Gasteiger partial charge in [-0.15, -0.1) is 0 Å². The van der Waals surface area contributed by atoms with E-state index in [-0.39, 0.29) is 0 Å². The molecule has 16 heavy (non-hydrogen) atoms. The second-order valence-corrected chi connectivity index (χ2v) is 3.96. The molecule has 4 nitrogen and oxygen atoms in total. The molecule has 0 saturated heterocycles. The molecule has 0 fully saturated rings. The predicted molar refractivity (Wildman–Crippen MR) is 67.9 cm³/mol. The van der Waals surface area contributed by atoms with Gasteiger partial charge in [0.1, 0.15) is 0 Å². The Labute approximate surface area is 97.8 Å². The van der Waals surface area contributed by atoms with E-state index in [0.717, 1.165) is 31.0 Å². The number of hydrazine groups is 1. The minimum atomic E-state index is 0.900. The summed E-state index contributed by atoms with van der Waals surface area (Å²) in [4.78, 5) is 6.77. The highest BCUT2D eigenvalue weighted by atomic mass is 15.2. The second-order valence-electron chi connectivity index (χ2n) is 3.96. The molecular formula is C12H22N4. The van der Waals surface area contributed by atoms with Crippen LogP contribution in [0.5, 0.6) is 0 Å². The van der Waals surface area contributed by atoms with Gasteiger partial charge in [-0.3, -0.25) is 15.7 Å². The van der Waals surface area contributed by atoms with E-state index in [1.165, 1.54) is 12.8 Å². The first-order chi connectivity index (χ1) is 7.80. The molecule has 1 aromatic heterocycles. The number of nitrogens with zero attached hydrogens (tertiary/aromatic N) is 2. The molecule has 1 aromatic rings. The van der Waals surface area contributed by atoms with Gasteiger partial charge in [0.05, 0.1) is 11.4 Å². The normalized spacial score (nSPS) is 10.8. The van der Waals surface area contributed by atoms with E-state index in [0.29, 0.717) is 0 Å². The van der Waals surface area contributed by atoms with Crippen molar-refractivity contribution in [3.8, 4) is 0 Å². The molecule has 3 N–H and O–H groups in total. The largest absolute Gasteiger partial charge is 0.324 e. The molecule has 0 aliphatic rings. The van der Waals surface area contributed by atoms with Crippen molar-refractivity contribution in [1.82, 2.24) is 9.88 Å². The third-order valence-corrected chi connectivity index (χ3v) is 2.45. The summed E-state index contributed by atoms with van der Waals surface area (Å²) in [5, 5.41) is 0. The maximum absolute atomic E-state index is 5.38. The number of pyridine rings is 1. The van der Waals surface area contributed by atoms with Gasteiger partial charge in [0.2, 0.25) is 0 Å². The number of hydrogen-bond donors (Lipinski definition) is 2. The lowest BCUT2D eigenvalue weighted by molar-refractivity contribution is 0.263. The summed E-state index contributed by atoms with van der Waals surface area (Å²) in [5.41, 5.74) is 4.63. The summed E-state index contributed by atoms with van der Waals surface area (Å²) in [7, 11) is 0. The topological polar surface area (TPSA) is 54.2 Å². The molecule has 0 spiro atoms. The van der Waals surface area contributed by atoms with Gasteiger partial charge in [0.25, 0.3) is 0 Å². The lowest BCUT2D eigenvalue weighted by atomic mass is 10.2. The Morgan fingerprint density at radius 1 is 1.31 bits per heavy atom. The molecule has 0 unspecified atom stereocenters. The van der Waals surface area contributed by atoms with Crippen LogP contribution in [0.4, 0.5) is 5.69 Å². The Morgan fingerprint density at radius 2 is 2.00 bits per heavy atom. The molecule has 0 bridgehead atoms. The number of nitrogens with one attached hydrogen (secondary N) is 1. The van der Waals surface area contributed by atoms with Gasteiger partial charge in [0.15, 0.2) is 0 Å². The monoisotopic (exact) mass is 222 g/mol. The SMILES string of the molecule is CCCN(CCC)Cc1cc(NN)ccn1. The smallest absolute Gasteiger partial charge is 0.0564 e. The lowest BCUT2D eigenvalue weighted by Gasteiger charge is -2.20. The minimum Gasteiger partial charge on any atom is -0.324 e. The summed E-state index contributed by atoms with van der Waals surface area (Å²) < 4.78 is 0. The quantitative estimate of drug-likeness (QED) is 0.547. The summed E-state index contributed by atoms with van der Waals surface area (Å²) in [6.45, 7) is 7.55. The first kappa shape index (κ1) is 12.9. The van der Waals surface area contributed by atoms with Crippen LogP contribution >= 0.6 is 0 Å². The third-order valence-electron chi connectivity index (χ3n) is 2.45. The maximum Gasteiger partial charge on any atom is 0.0564 e. The molecule has 0 atom stereocenters. The van der Waals surface area contributed by atoms with Gasteiger partial charge < -0.3 is 5.43 Å². The molecule has 4 heteroatoms. The Kier molecular flexibility index (Phi) is 5.82. The molecule has 0 aliphatic carbocycles. The highest BCUT2D eigenvalue weighted by Crippen LogP contribution is 2.09. The summed E-state index contributed by atoms with van der Waals surface area (Å²) in [5.74, 6) is 5.38. The van der Waals surface area contributed by atoms with Crippen molar-refractivity contribution < 1.29 is 0 Å². The fourth-order valence-electron chi connectivity index (χ4n) is 1.79. The van der Waals surface area contributed by atoms with E-state index in [1.807, 2.05) is 12.1 Å². The number of nitrogen functional groups attached to an aromatic ring is 1. The number of nitrogens with two attached hydrogens (primary N) is 1. The van der Waals surface area contributed by atoms with Crippen molar-refractivity contribution in [1.29, 1.82) is 0 Å². The Bertz CT molecular complexity index is 295. The van der Waals surface area contributed by atoms with Crippen molar-refractivity contribution in [2.45, 2.75) is 33.2 Å². The molecule has 90 valence electrons. The standard InChI is InChI=1S/C12H22N4/c1-3-7-16(8-4-2)10-12-9-11(15-13)5-6-14-12/h5-6,9H,3-4,7-8,10,13H2,1-2H3,(H,14,15). The van der Waals surface area contributed by atoms with Crippen molar-refractivity contribution in [2.75, 3.05) is 18.5 Å². The van der Waals surface area contributed by atoms with Gasteiger partial charge in [-0.1, -0.05) is 13.8 Å². The fraction of sp³-hybridized carbons (Fsp3) is 0.583. The predicted octanol–water partition coefficient (Wildman–Crippen LogP) is 1.99. The van der Waals surface area contributed by atoms with E-state index in [4.69, 9.17) is 5.84 Å². The van der Waals surface area contributed by atoms with Crippen LogP contribution in [0.15, 0.2) is 18.3 Å². The summed E-state index contributed by atoms with van der Waals surface area (Å²) in [6.07, 6.45) is 4.14. The van der Waals surface area contributed by atoms with Crippen LogP contribution in [0.3, 0.4) is 0 Å². The Hall–Kier alpha value is -1.13. The average Bonchev–Trinajstić information content (AvgIpc) is 2.30. The van der Waals surface area contributed by atoms with Crippen LogP contribution in [-0.2, 0) is 6.54 Å². The number of aromatic nitrogens is 1. The zero-order chi connectivity index (χ0) is 11.8. The van der Waals surface area contributed by atoms with Crippen LogP contribution in [-0.4, -0.2) is 23.0 Å². The molecule has 0 saturated carbocycles. The van der Waals surface area contributed by atoms with Gasteiger partial charge in [-0.25, -0.2) is 0 Å². The van der Waals surface area contributed by atoms with Crippen LogP contribution in [0.2, 0.25) is 0 Å². The number of rotatable bonds is 7. The zero-order valence-electron chi connectivity index (χ0n) is 10.2. The van der Waals surface area contributed by atoms with Gasteiger partial charge in [-0.2, -0.15) is 0 Å². The molecule has 0 radical (unpaired) electrons. The van der Waals surface area contributed by atoms with Crippen LogP contribution in [0.25, 0.3) is 0 Å². The lowest BCUT2D eigenvalue weighted by Crippen LogP contribution is -2.25. The Balaban J connectivity index is 2.60. The first-order valence-electron chi connectivity index (χ1n) is 5.94. The van der Waals surface area contributed by atoms with E-state index in [1.54, 1.807) is 6.20 Å². The third kappa shape index (κ3) is 4.16. The molecule has 1 heterocycles. The number of hydrogen-bond acceptors (Lipinski definition) is 4. The van der Waals surface area contributed by atoms with E-state index < -0.39 is 0 Å². The van der Waals surface area contributed by atoms with Crippen molar-refractivity contribution in [2.24, 2.45) is 5.84 Å². The van der Waals surface area contributed by atoms with E-state index >= 15 is 0 Å². The molecule has 1 rings (SSSR count). The molecule has 0 amide bonds. The first-order valence-corrected chi connectivity index (χ1v) is 5.94. The molecular weight excluding hydrogens is 200 g/mol. The Morgan fingerprint density at radius 3 is 2.56 bits per heavy atom. The van der Waals surface area contributed by atoms with E-state index in [9.17, 15) is 0 Å². The summed E-state index contributed by atoms with van der Waals surface area (Å²) in [6, 6.07) is 3.87. The van der Waals surface area contributed by atoms with Gasteiger partial charge >= 0.3 is 0 Å². The van der Waals surface area contributed by atoms with Crippen LogP contribution in [0.1, 0.15) is 32.4 Å². The van der Waals surface area contributed by atoms with Gasteiger partial charge in [0, 0.05) is 12.7 Å². The second kappa shape index (κ2) is 7.19. The van der Waals surface area contributed by atoms with Crippen molar-refractivity contribution in [3.05, 3.63) is 24.0 Å². The summed E-state index contributed by atoms with van der Waals surface area (Å²) >= 11 is 0. The van der Waals surface area contributed by atoms with Crippen molar-refractivity contribution in [3.63, 3.8) is 0 Å². The number of anilines is 1. The van der Waals surface area contributed by atoms with Gasteiger partial charge in [-0.05, 0) is 38.1 Å². The zero-order valence-corrected chi connectivity index (χ0v) is 10.2. The van der Waals surface area contributed by atoms with Crippen LogP contribution in [0, 0.1) is 0 Å². The molecule has 0 aromatic carbocycles. The van der Waals surface area contributed by atoms with E-state index in [2.05, 4.69) is 29.2 Å². The minimum absolute atomic E-state index is 0.900. The van der Waals surface area contributed by atoms with Crippen LogP contribution < -0.4 is 11.3 Å². The highest BCUT2D eigenvalue weighted by molar-refractivity contribution is 5.41. The molecule has 0 aliphatic heterocycles. The highest BCUT2D eigenvalue weighted by Gasteiger charge is 2.05.